The van der Waals surface area contributed by atoms with Gasteiger partial charge in [-0.2, -0.15) is 0 Å². The number of aliphatic hydroxyl groups is 1. The Bertz CT molecular complexity index is 483. The van der Waals surface area contributed by atoms with Crippen molar-refractivity contribution in [2.45, 2.75) is 44.6 Å². The number of unbranched alkanes of at least 4 members (excludes halogenated alkanes) is 2. The molecule has 5 heteroatoms. The van der Waals surface area contributed by atoms with Gasteiger partial charge in [0.1, 0.15) is 0 Å². The minimum absolute atomic E-state index is 0.148. The van der Waals surface area contributed by atoms with E-state index in [1.165, 1.54) is 0 Å². The highest BCUT2D eigenvalue weighted by molar-refractivity contribution is 7.89. The predicted molar refractivity (Wildman–Crippen MR) is 71.8 cm³/mol. The fourth-order valence-electron chi connectivity index (χ4n) is 1.78. The largest absolute Gasteiger partial charge is 0.392 e. The Labute approximate surface area is 109 Å². The summed E-state index contributed by atoms with van der Waals surface area (Å²) < 4.78 is 26.8. The Balaban J connectivity index is 2.85. The van der Waals surface area contributed by atoms with Crippen LogP contribution in [-0.2, 0) is 16.6 Å². The summed E-state index contributed by atoms with van der Waals surface area (Å²) in [6.45, 7) is 4.10. The molecule has 1 aromatic rings. The summed E-state index contributed by atoms with van der Waals surface area (Å²) in [5.41, 5.74) is 1.26. The first-order chi connectivity index (χ1) is 8.53. The van der Waals surface area contributed by atoms with Gasteiger partial charge in [0.25, 0.3) is 0 Å². The van der Waals surface area contributed by atoms with Crippen molar-refractivity contribution in [2.75, 3.05) is 6.54 Å². The SMILES string of the molecule is CCCCCNS(=O)(=O)c1cccc(CO)c1C. The van der Waals surface area contributed by atoms with E-state index in [-0.39, 0.29) is 11.5 Å². The molecule has 1 aromatic carbocycles. The zero-order chi connectivity index (χ0) is 13.6. The van der Waals surface area contributed by atoms with Crippen molar-refractivity contribution >= 4 is 10.0 Å². The van der Waals surface area contributed by atoms with Gasteiger partial charge in [-0.1, -0.05) is 31.9 Å². The molecule has 0 unspecified atom stereocenters. The quantitative estimate of drug-likeness (QED) is 0.745. The van der Waals surface area contributed by atoms with E-state index in [1.807, 2.05) is 0 Å². The molecule has 4 nitrogen and oxygen atoms in total. The van der Waals surface area contributed by atoms with Gasteiger partial charge in [-0.25, -0.2) is 13.1 Å². The Morgan fingerprint density at radius 2 is 2.00 bits per heavy atom. The second kappa shape index (κ2) is 6.87. The van der Waals surface area contributed by atoms with Gasteiger partial charge in [-0.15, -0.1) is 0 Å². The second-order valence-corrected chi connectivity index (χ2v) is 6.04. The van der Waals surface area contributed by atoms with Crippen molar-refractivity contribution in [3.05, 3.63) is 29.3 Å². The van der Waals surface area contributed by atoms with E-state index >= 15 is 0 Å². The molecule has 102 valence electrons. The molecule has 0 fully saturated rings. The van der Waals surface area contributed by atoms with Crippen LogP contribution in [0.2, 0.25) is 0 Å². The Hall–Kier alpha value is -0.910. The number of hydrogen-bond donors (Lipinski definition) is 2. The predicted octanol–water partition coefficient (Wildman–Crippen LogP) is 1.96. The van der Waals surface area contributed by atoms with Gasteiger partial charge in [0.05, 0.1) is 11.5 Å². The Morgan fingerprint density at radius 1 is 1.28 bits per heavy atom. The van der Waals surface area contributed by atoms with E-state index in [4.69, 9.17) is 5.11 Å². The number of sulfonamides is 1. The molecule has 0 atom stereocenters. The summed E-state index contributed by atoms with van der Waals surface area (Å²) in [5.74, 6) is 0. The molecule has 0 aliphatic rings. The van der Waals surface area contributed by atoms with Crippen LogP contribution in [-0.4, -0.2) is 20.1 Å². The smallest absolute Gasteiger partial charge is 0.240 e. The van der Waals surface area contributed by atoms with E-state index in [0.717, 1.165) is 19.3 Å². The maximum absolute atomic E-state index is 12.1. The fourth-order valence-corrected chi connectivity index (χ4v) is 3.14. The normalized spacial score (nSPS) is 11.7. The summed E-state index contributed by atoms with van der Waals surface area (Å²) in [5, 5.41) is 9.14. The number of rotatable bonds is 7. The van der Waals surface area contributed by atoms with Gasteiger partial charge >= 0.3 is 0 Å². The Morgan fingerprint density at radius 3 is 2.61 bits per heavy atom. The van der Waals surface area contributed by atoms with Crippen molar-refractivity contribution in [3.63, 3.8) is 0 Å². The van der Waals surface area contributed by atoms with Gasteiger partial charge in [0.15, 0.2) is 0 Å². The molecule has 0 bridgehead atoms. The van der Waals surface area contributed by atoms with E-state index < -0.39 is 10.0 Å². The molecule has 1 rings (SSSR count). The van der Waals surface area contributed by atoms with Gasteiger partial charge in [-0.3, -0.25) is 0 Å². The van der Waals surface area contributed by atoms with Crippen molar-refractivity contribution in [3.8, 4) is 0 Å². The minimum Gasteiger partial charge on any atom is -0.392 e. The average Bonchev–Trinajstić information content (AvgIpc) is 2.35. The van der Waals surface area contributed by atoms with Crippen molar-refractivity contribution < 1.29 is 13.5 Å². The maximum atomic E-state index is 12.1. The highest BCUT2D eigenvalue weighted by Gasteiger charge is 2.17. The lowest BCUT2D eigenvalue weighted by molar-refractivity contribution is 0.280. The lowest BCUT2D eigenvalue weighted by Crippen LogP contribution is -2.25. The first-order valence-electron chi connectivity index (χ1n) is 6.22. The average molecular weight is 271 g/mol. The van der Waals surface area contributed by atoms with Crippen LogP contribution in [0.5, 0.6) is 0 Å². The highest BCUT2D eigenvalue weighted by atomic mass is 32.2. The topological polar surface area (TPSA) is 66.4 Å². The van der Waals surface area contributed by atoms with Crippen molar-refractivity contribution in [1.82, 2.24) is 4.72 Å². The third-order valence-corrected chi connectivity index (χ3v) is 4.53. The molecule has 0 amide bonds. The van der Waals surface area contributed by atoms with Gasteiger partial charge in [0.2, 0.25) is 10.0 Å². The summed E-state index contributed by atoms with van der Waals surface area (Å²) in [6, 6.07) is 4.95. The summed E-state index contributed by atoms with van der Waals surface area (Å²) in [6.07, 6.45) is 2.91. The molecule has 0 aromatic heterocycles. The first-order valence-corrected chi connectivity index (χ1v) is 7.70. The van der Waals surface area contributed by atoms with Gasteiger partial charge in [-0.05, 0) is 30.5 Å². The lowest BCUT2D eigenvalue weighted by atomic mass is 10.1. The fraction of sp³-hybridized carbons (Fsp3) is 0.538. The van der Waals surface area contributed by atoms with E-state index in [9.17, 15) is 8.42 Å². The second-order valence-electron chi connectivity index (χ2n) is 4.30. The van der Waals surface area contributed by atoms with Gasteiger partial charge in [0, 0.05) is 6.54 Å². The van der Waals surface area contributed by atoms with Crippen LogP contribution in [0, 0.1) is 6.92 Å². The van der Waals surface area contributed by atoms with Crippen molar-refractivity contribution in [1.29, 1.82) is 0 Å². The summed E-state index contributed by atoms with van der Waals surface area (Å²) >= 11 is 0. The molecule has 2 N–H and O–H groups in total. The third kappa shape index (κ3) is 3.80. The van der Waals surface area contributed by atoms with E-state index in [0.29, 0.717) is 17.7 Å². The number of hydrogen-bond acceptors (Lipinski definition) is 3. The number of aliphatic hydroxyl groups excluding tert-OH is 1. The molecule has 0 aliphatic carbocycles. The molecule has 0 radical (unpaired) electrons. The van der Waals surface area contributed by atoms with Crippen LogP contribution < -0.4 is 4.72 Å². The van der Waals surface area contributed by atoms with Gasteiger partial charge < -0.3 is 5.11 Å². The van der Waals surface area contributed by atoms with E-state index in [2.05, 4.69) is 11.6 Å². The van der Waals surface area contributed by atoms with Crippen LogP contribution in [0.1, 0.15) is 37.3 Å². The number of nitrogens with one attached hydrogen (secondary N) is 1. The van der Waals surface area contributed by atoms with Crippen LogP contribution in [0.4, 0.5) is 0 Å². The Kier molecular flexibility index (Phi) is 5.78. The molecular formula is C13H21NO3S. The molecule has 0 saturated heterocycles. The molecule has 18 heavy (non-hydrogen) atoms. The first kappa shape index (κ1) is 15.1. The van der Waals surface area contributed by atoms with Crippen LogP contribution in [0.15, 0.2) is 23.1 Å². The zero-order valence-electron chi connectivity index (χ0n) is 10.9. The standard InChI is InChI=1S/C13H21NO3S/c1-3-4-5-9-14-18(16,17)13-8-6-7-12(10-15)11(13)2/h6-8,14-15H,3-5,9-10H2,1-2H3. The maximum Gasteiger partial charge on any atom is 0.240 e. The molecule has 0 aliphatic heterocycles. The monoisotopic (exact) mass is 271 g/mol. The summed E-state index contributed by atoms with van der Waals surface area (Å²) in [7, 11) is -3.47. The number of benzene rings is 1. The van der Waals surface area contributed by atoms with E-state index in [1.54, 1.807) is 25.1 Å². The molecule has 0 spiro atoms. The molecule has 0 saturated carbocycles. The van der Waals surface area contributed by atoms with Crippen LogP contribution in [0.3, 0.4) is 0 Å². The van der Waals surface area contributed by atoms with Crippen molar-refractivity contribution in [2.24, 2.45) is 0 Å². The summed E-state index contributed by atoms with van der Waals surface area (Å²) in [4.78, 5) is 0.255. The molecule has 0 heterocycles. The third-order valence-electron chi connectivity index (χ3n) is 2.93. The highest BCUT2D eigenvalue weighted by Crippen LogP contribution is 2.18. The lowest BCUT2D eigenvalue weighted by Gasteiger charge is -2.11. The van der Waals surface area contributed by atoms with Crippen LogP contribution in [0.25, 0.3) is 0 Å². The van der Waals surface area contributed by atoms with Crippen LogP contribution >= 0.6 is 0 Å². The zero-order valence-corrected chi connectivity index (χ0v) is 11.8. The molecular weight excluding hydrogens is 250 g/mol. The minimum atomic E-state index is -3.47.